The summed E-state index contributed by atoms with van der Waals surface area (Å²) in [5, 5.41) is 11.2. The van der Waals surface area contributed by atoms with Gasteiger partial charge in [0.05, 0.1) is 6.04 Å². The van der Waals surface area contributed by atoms with Crippen LogP contribution in [0.15, 0.2) is 42.5 Å². The van der Waals surface area contributed by atoms with Crippen LogP contribution in [-0.2, 0) is 0 Å². The van der Waals surface area contributed by atoms with Gasteiger partial charge in [-0.15, -0.1) is 10.2 Å². The van der Waals surface area contributed by atoms with Crippen LogP contribution in [-0.4, -0.2) is 30.2 Å². The number of nitrogens with zero attached hydrogens (tertiary/aromatic N) is 3. The van der Waals surface area contributed by atoms with Gasteiger partial charge in [-0.2, -0.15) is 0 Å². The summed E-state index contributed by atoms with van der Waals surface area (Å²) in [4.78, 5) is 14.4. The van der Waals surface area contributed by atoms with Crippen LogP contribution in [0.4, 0.5) is 5.82 Å². The smallest absolute Gasteiger partial charge is 0.272 e. The molecule has 1 atom stereocenters. The molecule has 0 aliphatic heterocycles. The van der Waals surface area contributed by atoms with E-state index in [2.05, 4.69) is 36.3 Å². The van der Waals surface area contributed by atoms with Crippen LogP contribution in [0.1, 0.15) is 49.3 Å². The molecule has 0 bridgehead atoms. The second kappa shape index (κ2) is 7.43. The SMILES string of the molecule is CN(C)c1ccc(C(=O)NC(CC(C)(C)C)c2ccccc2)nn1. The van der Waals surface area contributed by atoms with Crippen molar-refractivity contribution in [1.29, 1.82) is 0 Å². The van der Waals surface area contributed by atoms with Crippen molar-refractivity contribution in [2.75, 3.05) is 19.0 Å². The molecule has 1 aromatic heterocycles. The number of rotatable bonds is 5. The number of anilines is 1. The highest BCUT2D eigenvalue weighted by molar-refractivity contribution is 5.92. The monoisotopic (exact) mass is 326 g/mol. The molecule has 128 valence electrons. The fraction of sp³-hybridized carbons (Fsp3) is 0.421. The lowest BCUT2D eigenvalue weighted by Crippen LogP contribution is -2.32. The lowest BCUT2D eigenvalue weighted by Gasteiger charge is -2.27. The Labute approximate surface area is 144 Å². The Hall–Kier alpha value is -2.43. The number of hydrogen-bond donors (Lipinski definition) is 1. The van der Waals surface area contributed by atoms with E-state index in [1.807, 2.05) is 49.3 Å². The van der Waals surface area contributed by atoms with Crippen molar-refractivity contribution >= 4 is 11.7 Å². The molecule has 0 spiro atoms. The maximum Gasteiger partial charge on any atom is 0.272 e. The maximum atomic E-state index is 12.6. The van der Waals surface area contributed by atoms with E-state index in [1.54, 1.807) is 12.1 Å². The van der Waals surface area contributed by atoms with Gasteiger partial charge in [0.1, 0.15) is 0 Å². The Morgan fingerprint density at radius 3 is 2.25 bits per heavy atom. The highest BCUT2D eigenvalue weighted by atomic mass is 16.2. The minimum atomic E-state index is -0.203. The van der Waals surface area contributed by atoms with Crippen molar-refractivity contribution in [3.05, 3.63) is 53.7 Å². The van der Waals surface area contributed by atoms with Crippen LogP contribution in [0.3, 0.4) is 0 Å². The number of aromatic nitrogens is 2. The van der Waals surface area contributed by atoms with E-state index in [-0.39, 0.29) is 17.4 Å². The molecule has 1 amide bonds. The molecule has 0 saturated carbocycles. The topological polar surface area (TPSA) is 58.1 Å². The maximum absolute atomic E-state index is 12.6. The third-order valence-electron chi connectivity index (χ3n) is 3.67. The first-order valence-electron chi connectivity index (χ1n) is 8.13. The largest absolute Gasteiger partial charge is 0.361 e. The van der Waals surface area contributed by atoms with Gasteiger partial charge in [0.2, 0.25) is 0 Å². The Bertz CT molecular complexity index is 660. The number of benzene rings is 1. The summed E-state index contributed by atoms with van der Waals surface area (Å²) in [7, 11) is 3.77. The molecule has 1 N–H and O–H groups in total. The molecule has 0 aliphatic carbocycles. The lowest BCUT2D eigenvalue weighted by atomic mass is 9.85. The van der Waals surface area contributed by atoms with Gasteiger partial charge in [-0.05, 0) is 29.5 Å². The molecule has 0 saturated heterocycles. The van der Waals surface area contributed by atoms with Crippen LogP contribution >= 0.6 is 0 Å². The van der Waals surface area contributed by atoms with E-state index in [0.29, 0.717) is 5.69 Å². The van der Waals surface area contributed by atoms with Crippen molar-refractivity contribution in [2.24, 2.45) is 5.41 Å². The summed E-state index contributed by atoms with van der Waals surface area (Å²) in [6.07, 6.45) is 0.839. The average molecular weight is 326 g/mol. The molecule has 24 heavy (non-hydrogen) atoms. The molecule has 5 nitrogen and oxygen atoms in total. The minimum absolute atomic E-state index is 0.0611. The Morgan fingerprint density at radius 2 is 1.75 bits per heavy atom. The van der Waals surface area contributed by atoms with E-state index in [4.69, 9.17) is 0 Å². The zero-order chi connectivity index (χ0) is 17.7. The summed E-state index contributed by atoms with van der Waals surface area (Å²) >= 11 is 0. The molecule has 2 rings (SSSR count). The van der Waals surface area contributed by atoms with E-state index in [1.165, 1.54) is 0 Å². The Balaban J connectivity index is 2.17. The van der Waals surface area contributed by atoms with E-state index < -0.39 is 0 Å². The highest BCUT2D eigenvalue weighted by Crippen LogP contribution is 2.29. The van der Waals surface area contributed by atoms with Crippen LogP contribution in [0, 0.1) is 5.41 Å². The third kappa shape index (κ3) is 5.05. The predicted molar refractivity (Wildman–Crippen MR) is 97.1 cm³/mol. The third-order valence-corrected chi connectivity index (χ3v) is 3.67. The molecule has 1 aromatic carbocycles. The average Bonchev–Trinajstić information content (AvgIpc) is 2.54. The van der Waals surface area contributed by atoms with Crippen LogP contribution in [0.25, 0.3) is 0 Å². The molecule has 0 radical (unpaired) electrons. The van der Waals surface area contributed by atoms with Gasteiger partial charge >= 0.3 is 0 Å². The fourth-order valence-corrected chi connectivity index (χ4v) is 2.47. The first-order valence-corrected chi connectivity index (χ1v) is 8.13. The summed E-state index contributed by atoms with van der Waals surface area (Å²) in [5.74, 6) is 0.520. The lowest BCUT2D eigenvalue weighted by molar-refractivity contribution is 0.0920. The zero-order valence-electron chi connectivity index (χ0n) is 15.1. The zero-order valence-corrected chi connectivity index (χ0v) is 15.1. The molecule has 5 heteroatoms. The highest BCUT2D eigenvalue weighted by Gasteiger charge is 2.23. The van der Waals surface area contributed by atoms with Crippen LogP contribution < -0.4 is 10.2 Å². The second-order valence-corrected chi connectivity index (χ2v) is 7.37. The standard InChI is InChI=1S/C19H26N4O/c1-19(2,3)13-16(14-9-7-6-8-10-14)20-18(24)15-11-12-17(22-21-15)23(4)5/h6-12,16H,13H2,1-5H3,(H,20,24). The summed E-state index contributed by atoms with van der Waals surface area (Å²) < 4.78 is 0. The number of hydrogen-bond acceptors (Lipinski definition) is 4. The fourth-order valence-electron chi connectivity index (χ4n) is 2.47. The molecule has 1 heterocycles. The van der Waals surface area contributed by atoms with Crippen molar-refractivity contribution in [1.82, 2.24) is 15.5 Å². The second-order valence-electron chi connectivity index (χ2n) is 7.37. The van der Waals surface area contributed by atoms with Gasteiger partial charge in [0.15, 0.2) is 11.5 Å². The molecule has 0 aliphatic rings. The number of nitrogens with one attached hydrogen (secondary N) is 1. The van der Waals surface area contributed by atoms with Crippen LogP contribution in [0.5, 0.6) is 0 Å². The molecular formula is C19H26N4O. The van der Waals surface area contributed by atoms with Gasteiger partial charge in [0, 0.05) is 14.1 Å². The van der Waals surface area contributed by atoms with Crippen molar-refractivity contribution < 1.29 is 4.79 Å². The van der Waals surface area contributed by atoms with Gasteiger partial charge < -0.3 is 10.2 Å². The Morgan fingerprint density at radius 1 is 1.08 bits per heavy atom. The molecule has 1 unspecified atom stereocenters. The van der Waals surface area contributed by atoms with Gasteiger partial charge in [-0.25, -0.2) is 0 Å². The molecule has 2 aromatic rings. The quantitative estimate of drug-likeness (QED) is 0.914. The summed E-state index contributed by atoms with van der Waals surface area (Å²) in [6, 6.07) is 13.5. The van der Waals surface area contributed by atoms with Gasteiger partial charge in [-0.1, -0.05) is 51.1 Å². The predicted octanol–water partition coefficient (Wildman–Crippen LogP) is 3.45. The van der Waals surface area contributed by atoms with E-state index >= 15 is 0 Å². The number of carbonyl (C=O) groups excluding carboxylic acids is 1. The Kier molecular flexibility index (Phi) is 5.54. The van der Waals surface area contributed by atoms with E-state index in [0.717, 1.165) is 17.8 Å². The first kappa shape index (κ1) is 17.9. The van der Waals surface area contributed by atoms with Crippen molar-refractivity contribution in [3.63, 3.8) is 0 Å². The first-order chi connectivity index (χ1) is 11.3. The number of carbonyl (C=O) groups is 1. The number of amides is 1. The van der Waals surface area contributed by atoms with Crippen molar-refractivity contribution in [2.45, 2.75) is 33.2 Å². The molecule has 0 fully saturated rings. The van der Waals surface area contributed by atoms with Gasteiger partial charge in [0.25, 0.3) is 5.91 Å². The van der Waals surface area contributed by atoms with Crippen molar-refractivity contribution in [3.8, 4) is 0 Å². The minimum Gasteiger partial charge on any atom is -0.361 e. The van der Waals surface area contributed by atoms with Gasteiger partial charge in [-0.3, -0.25) is 4.79 Å². The summed E-state index contributed by atoms with van der Waals surface area (Å²) in [5.41, 5.74) is 1.52. The van der Waals surface area contributed by atoms with E-state index in [9.17, 15) is 4.79 Å². The summed E-state index contributed by atoms with van der Waals surface area (Å²) in [6.45, 7) is 6.50. The molecular weight excluding hydrogens is 300 g/mol. The normalized spacial score (nSPS) is 12.5. The van der Waals surface area contributed by atoms with Crippen LogP contribution in [0.2, 0.25) is 0 Å².